The van der Waals surface area contributed by atoms with Gasteiger partial charge in [-0.05, 0) is 0 Å². The molecular formula is C5H8AgNO3S. The first-order valence-corrected chi connectivity index (χ1v) is 3.23. The van der Waals surface area contributed by atoms with Crippen LogP contribution in [-0.2, 0) is 44.6 Å². The first-order chi connectivity index (χ1) is 4.57. The Morgan fingerprint density at radius 1 is 1.64 bits per heavy atom. The van der Waals surface area contributed by atoms with Crippen LogP contribution in [0.25, 0.3) is 0 Å². The fourth-order valence-electron chi connectivity index (χ4n) is 0.420. The van der Waals surface area contributed by atoms with Crippen molar-refractivity contribution in [3.8, 4) is 0 Å². The predicted octanol–water partition coefficient (Wildman–Crippen LogP) is -0.880. The molecule has 0 radical (unpaired) electrons. The third-order valence-electron chi connectivity index (χ3n) is 0.842. The number of carbonyl (C=O) groups is 2. The Labute approximate surface area is 85.7 Å². The van der Waals surface area contributed by atoms with E-state index in [2.05, 4.69) is 17.9 Å². The molecule has 2 N–H and O–H groups in total. The molecule has 1 atom stereocenters. The van der Waals surface area contributed by atoms with E-state index in [0.717, 1.165) is 0 Å². The smallest absolute Gasteiger partial charge is 0.790 e. The Morgan fingerprint density at radius 2 is 2.09 bits per heavy atom. The van der Waals surface area contributed by atoms with Crippen molar-refractivity contribution in [2.24, 2.45) is 0 Å². The summed E-state index contributed by atoms with van der Waals surface area (Å²) in [4.78, 5) is 20.5. The molecular weight excluding hydrogens is 262 g/mol. The quantitative estimate of drug-likeness (QED) is 0.516. The fraction of sp³-hybridized carbons (Fsp3) is 0.600. The number of amides is 1. The number of nitrogens with one attached hydrogen (secondary N) is 1. The van der Waals surface area contributed by atoms with Gasteiger partial charge in [0.1, 0.15) is 6.04 Å². The molecule has 0 aromatic carbocycles. The molecule has 0 rings (SSSR count). The van der Waals surface area contributed by atoms with Gasteiger partial charge in [0.25, 0.3) is 0 Å². The molecule has 0 bridgehead atoms. The molecule has 6 heteroatoms. The minimum Gasteiger partial charge on any atom is -0.790 e. The maximum atomic E-state index is 10.3. The van der Waals surface area contributed by atoms with Crippen LogP contribution in [0.4, 0.5) is 0 Å². The molecule has 0 heterocycles. The zero-order valence-electron chi connectivity index (χ0n) is 5.76. The van der Waals surface area contributed by atoms with E-state index < -0.39 is 12.0 Å². The molecule has 4 nitrogen and oxygen atoms in total. The summed E-state index contributed by atoms with van der Waals surface area (Å²) in [5, 5.41) is 10.5. The van der Waals surface area contributed by atoms with E-state index in [1.807, 2.05) is 0 Å². The van der Waals surface area contributed by atoms with E-state index in [4.69, 9.17) is 5.11 Å². The minimum absolute atomic E-state index is 0. The molecule has 0 fully saturated rings. The van der Waals surface area contributed by atoms with Crippen LogP contribution in [0.5, 0.6) is 0 Å². The van der Waals surface area contributed by atoms with Gasteiger partial charge in [-0.1, -0.05) is 0 Å². The predicted molar refractivity (Wildman–Crippen MR) is 37.5 cm³/mol. The van der Waals surface area contributed by atoms with Crippen LogP contribution in [0.3, 0.4) is 0 Å². The number of carbonyl (C=O) groups excluding carboxylic acids is 1. The minimum atomic E-state index is -1.09. The van der Waals surface area contributed by atoms with Crippen molar-refractivity contribution < 1.29 is 37.1 Å². The van der Waals surface area contributed by atoms with Crippen molar-refractivity contribution in [2.45, 2.75) is 13.0 Å². The van der Waals surface area contributed by atoms with Crippen LogP contribution < -0.4 is 5.32 Å². The number of carboxylic acid groups (broad SMARTS) is 1. The molecule has 0 saturated carbocycles. The van der Waals surface area contributed by atoms with E-state index in [-0.39, 0.29) is 34.0 Å². The number of aliphatic carboxylic acids is 1. The van der Waals surface area contributed by atoms with Crippen LogP contribution >= 0.6 is 0 Å². The van der Waals surface area contributed by atoms with E-state index in [0.29, 0.717) is 0 Å². The molecule has 0 aliphatic heterocycles. The van der Waals surface area contributed by atoms with Gasteiger partial charge in [0.05, 0.1) is 0 Å². The van der Waals surface area contributed by atoms with Crippen LogP contribution in [-0.4, -0.2) is 28.8 Å². The fourth-order valence-corrected chi connectivity index (χ4v) is 0.646. The van der Waals surface area contributed by atoms with Crippen molar-refractivity contribution in [3.63, 3.8) is 0 Å². The first kappa shape index (κ1) is 13.6. The second-order valence-corrected chi connectivity index (χ2v) is 2.09. The topological polar surface area (TPSA) is 66.4 Å². The molecule has 0 aliphatic carbocycles. The van der Waals surface area contributed by atoms with Crippen molar-refractivity contribution in [3.05, 3.63) is 0 Å². The summed E-state index contributed by atoms with van der Waals surface area (Å²) in [5.74, 6) is -1.47. The normalized spacial score (nSPS) is 11.1. The molecule has 1 unspecified atom stereocenters. The molecule has 68 valence electrons. The molecule has 1 amide bonds. The molecule has 0 aromatic heterocycles. The summed E-state index contributed by atoms with van der Waals surface area (Å²) < 4.78 is 0. The molecule has 0 aromatic rings. The van der Waals surface area contributed by atoms with Crippen molar-refractivity contribution in [1.29, 1.82) is 0 Å². The average molecular weight is 270 g/mol. The largest absolute Gasteiger partial charge is 1.00 e. The van der Waals surface area contributed by atoms with E-state index in [1.54, 1.807) is 0 Å². The van der Waals surface area contributed by atoms with Crippen molar-refractivity contribution in [2.75, 3.05) is 5.75 Å². The summed E-state index contributed by atoms with van der Waals surface area (Å²) >= 11 is 4.47. The van der Waals surface area contributed by atoms with Crippen LogP contribution in [0.2, 0.25) is 0 Å². The molecule has 11 heavy (non-hydrogen) atoms. The second kappa shape index (κ2) is 6.72. The van der Waals surface area contributed by atoms with E-state index in [9.17, 15) is 9.59 Å². The number of carboxylic acids is 1. The first-order valence-electron chi connectivity index (χ1n) is 2.66. The van der Waals surface area contributed by atoms with Crippen LogP contribution in [0.15, 0.2) is 0 Å². The second-order valence-electron chi connectivity index (χ2n) is 1.76. The maximum Gasteiger partial charge on any atom is 1.00 e. The van der Waals surface area contributed by atoms with Gasteiger partial charge in [0.2, 0.25) is 5.91 Å². The summed E-state index contributed by atoms with van der Waals surface area (Å²) in [7, 11) is 0. The summed E-state index contributed by atoms with van der Waals surface area (Å²) in [6.45, 7) is 1.25. The zero-order chi connectivity index (χ0) is 8.15. The van der Waals surface area contributed by atoms with Crippen LogP contribution in [0.1, 0.15) is 6.92 Å². The average Bonchev–Trinajstić information content (AvgIpc) is 1.81. The summed E-state index contributed by atoms with van der Waals surface area (Å²) in [5.41, 5.74) is 0. The van der Waals surface area contributed by atoms with Crippen LogP contribution in [0, 0.1) is 0 Å². The standard InChI is InChI=1S/C5H9NO3S.Ag/c1-3(7)6-4(2-10)5(8)9;/h4,10H,2H2,1H3,(H,6,7)(H,8,9);/q;+1/p-1. The van der Waals surface area contributed by atoms with E-state index >= 15 is 0 Å². The summed E-state index contributed by atoms with van der Waals surface area (Å²) in [6, 6.07) is -0.924. The third-order valence-corrected chi connectivity index (χ3v) is 1.18. The number of hydrogen-bond donors (Lipinski definition) is 2. The van der Waals surface area contributed by atoms with Gasteiger partial charge < -0.3 is 23.1 Å². The Morgan fingerprint density at radius 3 is 2.18 bits per heavy atom. The molecule has 0 spiro atoms. The Bertz CT molecular complexity index is 153. The maximum absolute atomic E-state index is 10.3. The Balaban J connectivity index is 0. The van der Waals surface area contributed by atoms with Crippen molar-refractivity contribution >= 4 is 24.5 Å². The van der Waals surface area contributed by atoms with Gasteiger partial charge >= 0.3 is 28.3 Å². The van der Waals surface area contributed by atoms with E-state index in [1.165, 1.54) is 6.92 Å². The van der Waals surface area contributed by atoms with Gasteiger partial charge in [-0.2, -0.15) is 0 Å². The Hall–Kier alpha value is 0.0303. The van der Waals surface area contributed by atoms with Gasteiger partial charge in [-0.15, -0.1) is 5.75 Å². The summed E-state index contributed by atoms with van der Waals surface area (Å²) in [6.07, 6.45) is 0. The van der Waals surface area contributed by atoms with Crippen molar-refractivity contribution in [1.82, 2.24) is 5.32 Å². The zero-order valence-corrected chi connectivity index (χ0v) is 8.06. The monoisotopic (exact) mass is 269 g/mol. The van der Waals surface area contributed by atoms with Gasteiger partial charge in [0, 0.05) is 6.92 Å². The van der Waals surface area contributed by atoms with Gasteiger partial charge in [-0.3, -0.25) is 9.59 Å². The number of hydrogen-bond acceptors (Lipinski definition) is 3. The van der Waals surface area contributed by atoms with Gasteiger partial charge in [0.15, 0.2) is 0 Å². The Kier molecular flexibility index (Phi) is 8.32. The van der Waals surface area contributed by atoms with Gasteiger partial charge in [-0.25, -0.2) is 0 Å². The third kappa shape index (κ3) is 6.43. The molecule has 0 saturated heterocycles. The number of rotatable bonds is 3. The molecule has 0 aliphatic rings. The SMILES string of the molecule is CC(=O)NC(C[S-])C(=O)O.[Ag+].